The maximum atomic E-state index is 12.8. The molecule has 0 spiro atoms. The molecule has 3 rings (SSSR count). The van der Waals surface area contributed by atoms with Gasteiger partial charge in [-0.2, -0.15) is 13.2 Å². The first kappa shape index (κ1) is 17.8. The van der Waals surface area contributed by atoms with Crippen molar-refractivity contribution in [3.63, 3.8) is 0 Å². The lowest BCUT2D eigenvalue weighted by Crippen LogP contribution is -2.21. The van der Waals surface area contributed by atoms with Crippen molar-refractivity contribution in [1.29, 1.82) is 0 Å². The Morgan fingerprint density at radius 1 is 1.08 bits per heavy atom. The highest BCUT2D eigenvalue weighted by Crippen LogP contribution is 2.39. The topological polar surface area (TPSA) is 9.23 Å². The predicted octanol–water partition coefficient (Wildman–Crippen LogP) is 6.48. The first-order chi connectivity index (χ1) is 11.4. The Morgan fingerprint density at radius 2 is 1.83 bits per heavy atom. The van der Waals surface area contributed by atoms with Crippen molar-refractivity contribution in [2.24, 2.45) is 0 Å². The highest BCUT2D eigenvalue weighted by Gasteiger charge is 2.31. The van der Waals surface area contributed by atoms with E-state index < -0.39 is 11.7 Å². The fraction of sp³-hybridized carbons (Fsp3) is 0.333. The van der Waals surface area contributed by atoms with Crippen LogP contribution in [-0.4, -0.2) is 11.9 Å². The lowest BCUT2D eigenvalue weighted by atomic mass is 10.0. The Labute approximate surface area is 151 Å². The summed E-state index contributed by atoms with van der Waals surface area (Å²) in [7, 11) is 0. The van der Waals surface area contributed by atoms with Gasteiger partial charge in [0.1, 0.15) is 0 Å². The Hall–Kier alpha value is -0.980. The van der Waals surface area contributed by atoms with E-state index in [1.54, 1.807) is 6.07 Å². The first-order valence-corrected chi connectivity index (χ1v) is 9.30. The lowest BCUT2D eigenvalue weighted by Gasteiger charge is -2.29. The summed E-state index contributed by atoms with van der Waals surface area (Å²) >= 11 is 4.92. The van der Waals surface area contributed by atoms with Gasteiger partial charge >= 0.3 is 6.18 Å². The van der Waals surface area contributed by atoms with Crippen LogP contribution in [0.3, 0.4) is 0 Å². The molecular weight excluding hydrogens is 401 g/mol. The molecule has 0 radical (unpaired) electrons. The van der Waals surface area contributed by atoms with E-state index in [-0.39, 0.29) is 11.4 Å². The zero-order valence-electron chi connectivity index (χ0n) is 12.7. The van der Waals surface area contributed by atoms with Gasteiger partial charge < -0.3 is 4.74 Å². The third-order valence-electron chi connectivity index (χ3n) is 3.94. The van der Waals surface area contributed by atoms with Crippen LogP contribution >= 0.6 is 27.7 Å². The van der Waals surface area contributed by atoms with E-state index in [1.165, 1.54) is 23.9 Å². The average molecular weight is 417 g/mol. The molecule has 24 heavy (non-hydrogen) atoms. The Balaban J connectivity index is 1.68. The van der Waals surface area contributed by atoms with E-state index >= 15 is 0 Å². The number of benzene rings is 2. The van der Waals surface area contributed by atoms with Gasteiger partial charge in [0.2, 0.25) is 0 Å². The fourth-order valence-corrected chi connectivity index (χ4v) is 4.21. The van der Waals surface area contributed by atoms with Gasteiger partial charge in [0.25, 0.3) is 0 Å². The van der Waals surface area contributed by atoms with E-state index in [0.29, 0.717) is 11.5 Å². The molecule has 0 amide bonds. The number of ether oxygens (including phenoxy) is 1. The molecule has 6 heteroatoms. The summed E-state index contributed by atoms with van der Waals surface area (Å²) in [5.74, 6) is 0. The predicted molar refractivity (Wildman–Crippen MR) is 93.2 cm³/mol. The van der Waals surface area contributed by atoms with Gasteiger partial charge in [-0.15, -0.1) is 11.8 Å². The molecule has 0 saturated carbocycles. The van der Waals surface area contributed by atoms with E-state index in [1.807, 2.05) is 24.3 Å². The van der Waals surface area contributed by atoms with Crippen molar-refractivity contribution in [2.75, 3.05) is 6.61 Å². The molecule has 2 aromatic rings. The molecule has 0 bridgehead atoms. The number of thioether (sulfide) groups is 1. The monoisotopic (exact) mass is 416 g/mol. The first-order valence-electron chi connectivity index (χ1n) is 7.63. The van der Waals surface area contributed by atoms with Gasteiger partial charge in [-0.3, -0.25) is 0 Å². The van der Waals surface area contributed by atoms with Crippen molar-refractivity contribution in [3.05, 3.63) is 64.1 Å². The lowest BCUT2D eigenvalue weighted by molar-refractivity contribution is -0.137. The molecule has 1 nitrogen and oxygen atoms in total. The molecule has 0 aromatic heterocycles. The Morgan fingerprint density at radius 3 is 2.54 bits per heavy atom. The van der Waals surface area contributed by atoms with Crippen LogP contribution in [0.25, 0.3) is 0 Å². The molecule has 2 unspecified atom stereocenters. The SMILES string of the molecule is FC(F)(F)c1cccc(SC2CCOC(c3ccc(Br)cc3)C2)c1. The van der Waals surface area contributed by atoms with Gasteiger partial charge in [-0.25, -0.2) is 0 Å². The molecule has 0 N–H and O–H groups in total. The number of rotatable bonds is 3. The van der Waals surface area contributed by atoms with E-state index in [4.69, 9.17) is 4.74 Å². The molecule has 0 aliphatic carbocycles. The number of hydrogen-bond donors (Lipinski definition) is 0. The molecule has 128 valence electrons. The summed E-state index contributed by atoms with van der Waals surface area (Å²) in [6.45, 7) is 0.622. The van der Waals surface area contributed by atoms with Crippen LogP contribution < -0.4 is 0 Å². The van der Waals surface area contributed by atoms with Crippen LogP contribution in [0, 0.1) is 0 Å². The van der Waals surface area contributed by atoms with Crippen LogP contribution in [0.1, 0.15) is 30.1 Å². The molecule has 1 saturated heterocycles. The van der Waals surface area contributed by atoms with Gasteiger partial charge in [0.15, 0.2) is 0 Å². The maximum Gasteiger partial charge on any atom is 0.416 e. The van der Waals surface area contributed by atoms with E-state index in [0.717, 1.165) is 28.9 Å². The molecule has 1 aliphatic rings. The summed E-state index contributed by atoms with van der Waals surface area (Å²) in [4.78, 5) is 0.659. The molecule has 1 aliphatic heterocycles. The third-order valence-corrected chi connectivity index (χ3v) is 5.76. The van der Waals surface area contributed by atoms with Gasteiger partial charge in [0, 0.05) is 21.2 Å². The average Bonchev–Trinajstić information content (AvgIpc) is 2.55. The zero-order valence-corrected chi connectivity index (χ0v) is 15.1. The molecule has 2 aromatic carbocycles. The molecule has 2 atom stereocenters. The van der Waals surface area contributed by atoms with Gasteiger partial charge in [0.05, 0.1) is 11.7 Å². The summed E-state index contributed by atoms with van der Waals surface area (Å²) in [5.41, 5.74) is 0.511. The summed E-state index contributed by atoms with van der Waals surface area (Å²) < 4.78 is 45.3. The van der Waals surface area contributed by atoms with Crippen LogP contribution in [-0.2, 0) is 10.9 Å². The second-order valence-corrected chi connectivity index (χ2v) is 7.99. The standard InChI is InChI=1S/C18H16BrF3OS/c19-14-6-4-12(5-7-14)17-11-16(8-9-23-17)24-15-3-1-2-13(10-15)18(20,21)22/h1-7,10,16-17H,8-9,11H2. The number of alkyl halides is 3. The molecule has 1 fully saturated rings. The summed E-state index contributed by atoms with van der Waals surface area (Å²) in [5, 5.41) is 0.246. The Bertz CT molecular complexity index is 687. The third kappa shape index (κ3) is 4.55. The highest BCUT2D eigenvalue weighted by atomic mass is 79.9. The van der Waals surface area contributed by atoms with Crippen molar-refractivity contribution in [2.45, 2.75) is 35.3 Å². The van der Waals surface area contributed by atoms with E-state index in [2.05, 4.69) is 15.9 Å². The second-order valence-electron chi connectivity index (χ2n) is 5.70. The van der Waals surface area contributed by atoms with E-state index in [9.17, 15) is 13.2 Å². The number of hydrogen-bond acceptors (Lipinski definition) is 2. The minimum Gasteiger partial charge on any atom is -0.373 e. The molecule has 1 heterocycles. The highest BCUT2D eigenvalue weighted by molar-refractivity contribution is 9.10. The summed E-state index contributed by atoms with van der Waals surface area (Å²) in [6.07, 6.45) is -2.67. The minimum atomic E-state index is -4.30. The van der Waals surface area contributed by atoms with Crippen LogP contribution in [0.2, 0.25) is 0 Å². The number of halogens is 4. The minimum absolute atomic E-state index is 0.00449. The van der Waals surface area contributed by atoms with Crippen molar-refractivity contribution in [3.8, 4) is 0 Å². The zero-order chi connectivity index (χ0) is 17.2. The molecular formula is C18H16BrF3OS. The van der Waals surface area contributed by atoms with Crippen molar-refractivity contribution >= 4 is 27.7 Å². The second kappa shape index (κ2) is 7.50. The van der Waals surface area contributed by atoms with Crippen LogP contribution in [0.4, 0.5) is 13.2 Å². The fourth-order valence-electron chi connectivity index (χ4n) is 2.72. The van der Waals surface area contributed by atoms with Crippen LogP contribution in [0.15, 0.2) is 57.9 Å². The normalized spacial score (nSPS) is 21.7. The smallest absolute Gasteiger partial charge is 0.373 e. The van der Waals surface area contributed by atoms with Crippen molar-refractivity contribution < 1.29 is 17.9 Å². The van der Waals surface area contributed by atoms with Crippen LogP contribution in [0.5, 0.6) is 0 Å². The Kier molecular flexibility index (Phi) is 5.57. The quantitative estimate of drug-likeness (QED) is 0.565. The summed E-state index contributed by atoms with van der Waals surface area (Å²) in [6, 6.07) is 13.5. The largest absolute Gasteiger partial charge is 0.416 e. The van der Waals surface area contributed by atoms with Gasteiger partial charge in [-0.05, 0) is 48.7 Å². The van der Waals surface area contributed by atoms with Crippen molar-refractivity contribution in [1.82, 2.24) is 0 Å². The maximum absolute atomic E-state index is 12.8. The van der Waals surface area contributed by atoms with Gasteiger partial charge in [-0.1, -0.05) is 34.1 Å².